The van der Waals surface area contributed by atoms with Crippen molar-refractivity contribution in [3.8, 4) is 0 Å². The average molecular weight is 367 g/mol. The summed E-state index contributed by atoms with van der Waals surface area (Å²) in [5.41, 5.74) is 2.21. The van der Waals surface area contributed by atoms with Crippen LogP contribution in [0.3, 0.4) is 0 Å². The predicted molar refractivity (Wildman–Crippen MR) is 105 cm³/mol. The summed E-state index contributed by atoms with van der Waals surface area (Å²) >= 11 is 0. The zero-order valence-corrected chi connectivity index (χ0v) is 16.0. The van der Waals surface area contributed by atoms with Crippen molar-refractivity contribution in [1.29, 1.82) is 0 Å². The molecule has 3 rings (SSSR count). The van der Waals surface area contributed by atoms with Gasteiger partial charge in [0.05, 0.1) is 0 Å². The number of nitrogens with zero attached hydrogens (tertiary/aromatic N) is 4. The van der Waals surface area contributed by atoms with Crippen molar-refractivity contribution < 1.29 is 9.59 Å². The first kappa shape index (κ1) is 18.8. The fraction of sp³-hybridized carbons (Fsp3) is 0.400. The van der Waals surface area contributed by atoms with Crippen molar-refractivity contribution in [2.75, 3.05) is 36.4 Å². The Labute approximate surface area is 159 Å². The van der Waals surface area contributed by atoms with Gasteiger partial charge in [-0.3, -0.25) is 9.59 Å². The van der Waals surface area contributed by atoms with Gasteiger partial charge in [-0.05, 0) is 17.5 Å². The van der Waals surface area contributed by atoms with Gasteiger partial charge in [-0.1, -0.05) is 32.0 Å². The number of rotatable bonds is 4. The van der Waals surface area contributed by atoms with Crippen molar-refractivity contribution in [2.24, 2.45) is 0 Å². The van der Waals surface area contributed by atoms with Crippen LogP contribution in [-0.2, 0) is 4.79 Å². The minimum absolute atomic E-state index is 0.0845. The van der Waals surface area contributed by atoms with E-state index in [4.69, 9.17) is 0 Å². The van der Waals surface area contributed by atoms with E-state index in [2.05, 4.69) is 34.0 Å². The lowest BCUT2D eigenvalue weighted by Crippen LogP contribution is -2.48. The molecule has 1 saturated heterocycles. The molecule has 0 bridgehead atoms. The number of hydrogen-bond acceptors (Lipinski definition) is 5. The summed E-state index contributed by atoms with van der Waals surface area (Å²) in [6.07, 6.45) is 1.41. The average Bonchev–Trinajstić information content (AvgIpc) is 2.68. The molecule has 0 aliphatic carbocycles. The number of hydrogen-bond donors (Lipinski definition) is 1. The molecule has 1 aromatic heterocycles. The van der Waals surface area contributed by atoms with E-state index in [1.165, 1.54) is 6.33 Å². The first-order chi connectivity index (χ1) is 13.0. The van der Waals surface area contributed by atoms with E-state index in [1.54, 1.807) is 13.0 Å². The zero-order chi connectivity index (χ0) is 19.4. The van der Waals surface area contributed by atoms with Crippen LogP contribution in [-0.4, -0.2) is 52.9 Å². The minimum atomic E-state index is -0.255. The SMILES string of the molecule is CC(=O)N1CCN(c2cc(C(=O)Nc3ccccc3C(C)C)ncn2)CC1. The van der Waals surface area contributed by atoms with Gasteiger partial charge in [0.2, 0.25) is 5.91 Å². The summed E-state index contributed by atoms with van der Waals surface area (Å²) in [4.78, 5) is 36.5. The molecule has 1 aliphatic rings. The summed E-state index contributed by atoms with van der Waals surface area (Å²) in [6.45, 7) is 8.45. The molecule has 27 heavy (non-hydrogen) atoms. The van der Waals surface area contributed by atoms with E-state index in [9.17, 15) is 9.59 Å². The number of benzene rings is 1. The van der Waals surface area contributed by atoms with Gasteiger partial charge in [-0.15, -0.1) is 0 Å². The Kier molecular flexibility index (Phi) is 5.69. The third-order valence-corrected chi connectivity index (χ3v) is 4.77. The topological polar surface area (TPSA) is 78.4 Å². The summed E-state index contributed by atoms with van der Waals surface area (Å²) < 4.78 is 0. The molecule has 1 N–H and O–H groups in total. The third-order valence-electron chi connectivity index (χ3n) is 4.77. The Morgan fingerprint density at radius 2 is 1.78 bits per heavy atom. The van der Waals surface area contributed by atoms with E-state index in [0.717, 1.165) is 11.3 Å². The number of para-hydroxylation sites is 1. The van der Waals surface area contributed by atoms with E-state index < -0.39 is 0 Å². The molecule has 1 aromatic carbocycles. The Morgan fingerprint density at radius 1 is 1.07 bits per heavy atom. The molecule has 0 spiro atoms. The van der Waals surface area contributed by atoms with Crippen molar-refractivity contribution in [1.82, 2.24) is 14.9 Å². The molecule has 142 valence electrons. The Morgan fingerprint density at radius 3 is 2.44 bits per heavy atom. The van der Waals surface area contributed by atoms with Gasteiger partial charge < -0.3 is 15.1 Å². The zero-order valence-electron chi connectivity index (χ0n) is 16.0. The molecule has 0 atom stereocenters. The number of amides is 2. The Hall–Kier alpha value is -2.96. The maximum Gasteiger partial charge on any atom is 0.274 e. The number of carbonyl (C=O) groups is 2. The highest BCUT2D eigenvalue weighted by atomic mass is 16.2. The standard InChI is InChI=1S/C20H25N5O2/c1-14(2)16-6-4-5-7-17(16)23-20(27)18-12-19(22-13-21-18)25-10-8-24(9-11-25)15(3)26/h4-7,12-14H,8-11H2,1-3H3,(H,23,27). The lowest BCUT2D eigenvalue weighted by molar-refractivity contribution is -0.129. The van der Waals surface area contributed by atoms with Crippen molar-refractivity contribution in [2.45, 2.75) is 26.7 Å². The second kappa shape index (κ2) is 8.16. The molecule has 1 aliphatic heterocycles. The summed E-state index contributed by atoms with van der Waals surface area (Å²) in [7, 11) is 0. The van der Waals surface area contributed by atoms with Crippen molar-refractivity contribution >= 4 is 23.3 Å². The van der Waals surface area contributed by atoms with E-state index in [0.29, 0.717) is 43.6 Å². The monoisotopic (exact) mass is 367 g/mol. The molecule has 2 heterocycles. The summed E-state index contributed by atoms with van der Waals surface area (Å²) in [5, 5.41) is 2.96. The second-order valence-corrected chi connectivity index (χ2v) is 6.95. The first-order valence-corrected chi connectivity index (χ1v) is 9.18. The van der Waals surface area contributed by atoms with Crippen LogP contribution in [0.5, 0.6) is 0 Å². The van der Waals surface area contributed by atoms with Crippen LogP contribution in [0.4, 0.5) is 11.5 Å². The van der Waals surface area contributed by atoms with Gasteiger partial charge in [-0.25, -0.2) is 9.97 Å². The van der Waals surface area contributed by atoms with Gasteiger partial charge in [0.1, 0.15) is 17.8 Å². The summed E-state index contributed by atoms with van der Waals surface area (Å²) in [5.74, 6) is 0.839. The molecule has 7 heteroatoms. The van der Waals surface area contributed by atoms with Crippen LogP contribution < -0.4 is 10.2 Å². The number of nitrogens with one attached hydrogen (secondary N) is 1. The molecule has 7 nitrogen and oxygen atoms in total. The van der Waals surface area contributed by atoms with Crippen LogP contribution in [0.15, 0.2) is 36.7 Å². The highest BCUT2D eigenvalue weighted by Gasteiger charge is 2.21. The lowest BCUT2D eigenvalue weighted by Gasteiger charge is -2.34. The summed E-state index contributed by atoms with van der Waals surface area (Å²) in [6, 6.07) is 9.49. The number of aromatic nitrogens is 2. The molecular weight excluding hydrogens is 342 g/mol. The Bertz CT molecular complexity index is 829. The second-order valence-electron chi connectivity index (χ2n) is 6.95. The van der Waals surface area contributed by atoms with E-state index in [1.807, 2.05) is 29.2 Å². The quantitative estimate of drug-likeness (QED) is 0.898. The molecule has 0 radical (unpaired) electrons. The normalized spacial score (nSPS) is 14.4. The largest absolute Gasteiger partial charge is 0.353 e. The maximum absolute atomic E-state index is 12.7. The molecule has 0 unspecified atom stereocenters. The smallest absolute Gasteiger partial charge is 0.274 e. The van der Waals surface area contributed by atoms with Crippen LogP contribution in [0.25, 0.3) is 0 Å². The fourth-order valence-corrected chi connectivity index (χ4v) is 3.20. The van der Waals surface area contributed by atoms with Gasteiger partial charge in [-0.2, -0.15) is 0 Å². The van der Waals surface area contributed by atoms with Crippen molar-refractivity contribution in [3.63, 3.8) is 0 Å². The third kappa shape index (κ3) is 4.42. The van der Waals surface area contributed by atoms with Crippen molar-refractivity contribution in [3.05, 3.63) is 47.9 Å². The van der Waals surface area contributed by atoms with Gasteiger partial charge in [0, 0.05) is 44.9 Å². The maximum atomic E-state index is 12.7. The molecule has 1 fully saturated rings. The molecule has 0 saturated carbocycles. The van der Waals surface area contributed by atoms with Crippen LogP contribution in [0, 0.1) is 0 Å². The number of anilines is 2. The van der Waals surface area contributed by atoms with Gasteiger partial charge in [0.15, 0.2) is 0 Å². The van der Waals surface area contributed by atoms with Crippen LogP contribution in [0.1, 0.15) is 42.7 Å². The molecular formula is C20H25N5O2. The van der Waals surface area contributed by atoms with Gasteiger partial charge in [0.25, 0.3) is 5.91 Å². The van der Waals surface area contributed by atoms with E-state index >= 15 is 0 Å². The molecule has 2 aromatic rings. The van der Waals surface area contributed by atoms with E-state index in [-0.39, 0.29) is 11.8 Å². The first-order valence-electron chi connectivity index (χ1n) is 9.18. The lowest BCUT2D eigenvalue weighted by atomic mass is 10.0. The highest BCUT2D eigenvalue weighted by Crippen LogP contribution is 2.24. The van der Waals surface area contributed by atoms with Crippen LogP contribution >= 0.6 is 0 Å². The van der Waals surface area contributed by atoms with Gasteiger partial charge >= 0.3 is 0 Å². The minimum Gasteiger partial charge on any atom is -0.353 e. The van der Waals surface area contributed by atoms with Crippen LogP contribution in [0.2, 0.25) is 0 Å². The fourth-order valence-electron chi connectivity index (χ4n) is 3.20. The molecule has 2 amide bonds. The highest BCUT2D eigenvalue weighted by molar-refractivity contribution is 6.03. The number of piperazine rings is 1. The number of carbonyl (C=O) groups excluding carboxylic acids is 2. The Balaban J connectivity index is 1.72. The predicted octanol–water partition coefficient (Wildman–Crippen LogP) is 2.52.